The van der Waals surface area contributed by atoms with E-state index < -0.39 is 0 Å². The molecule has 0 saturated carbocycles. The molecule has 0 radical (unpaired) electrons. The van der Waals surface area contributed by atoms with Gasteiger partial charge < -0.3 is 9.47 Å². The van der Waals surface area contributed by atoms with Crippen molar-refractivity contribution in [1.29, 1.82) is 0 Å². The van der Waals surface area contributed by atoms with Crippen LogP contribution in [0.25, 0.3) is 0 Å². The first-order chi connectivity index (χ1) is 8.29. The van der Waals surface area contributed by atoms with Gasteiger partial charge in [-0.25, -0.2) is 4.98 Å². The van der Waals surface area contributed by atoms with Crippen LogP contribution in [-0.2, 0) is 6.61 Å². The number of hydrogen-bond donors (Lipinski definition) is 0. The van der Waals surface area contributed by atoms with Crippen LogP contribution in [0.4, 0.5) is 0 Å². The van der Waals surface area contributed by atoms with Gasteiger partial charge in [0.2, 0.25) is 5.88 Å². The highest BCUT2D eigenvalue weighted by Gasteiger charge is 2.03. The van der Waals surface area contributed by atoms with Gasteiger partial charge in [-0.15, -0.1) is 0 Å². The molecule has 0 spiro atoms. The Balaban J connectivity index is 2.04. The average Bonchev–Trinajstić information content (AvgIpc) is 2.38. The summed E-state index contributed by atoms with van der Waals surface area (Å²) < 4.78 is 10.8. The highest BCUT2D eigenvalue weighted by Crippen LogP contribution is 2.19. The van der Waals surface area contributed by atoms with Crippen molar-refractivity contribution in [3.8, 4) is 11.6 Å². The zero-order chi connectivity index (χ0) is 12.1. The lowest BCUT2D eigenvalue weighted by atomic mass is 10.3. The van der Waals surface area contributed by atoms with Crippen molar-refractivity contribution in [2.24, 2.45) is 0 Å². The van der Waals surface area contributed by atoms with Crippen molar-refractivity contribution in [3.05, 3.63) is 53.2 Å². The summed E-state index contributed by atoms with van der Waals surface area (Å²) in [5.41, 5.74) is 0.907. The van der Waals surface area contributed by atoms with E-state index in [-0.39, 0.29) is 0 Å². The van der Waals surface area contributed by atoms with Crippen molar-refractivity contribution in [2.75, 3.05) is 7.11 Å². The van der Waals surface area contributed by atoms with Crippen LogP contribution < -0.4 is 9.47 Å². The third-order valence-corrected chi connectivity index (χ3v) is 2.50. The molecule has 88 valence electrons. The van der Waals surface area contributed by atoms with Gasteiger partial charge in [0.1, 0.15) is 12.4 Å². The van der Waals surface area contributed by atoms with Crippen molar-refractivity contribution in [2.45, 2.75) is 6.61 Å². The Labute approximate surface area is 105 Å². The molecular weight excluding hydrogens is 238 g/mol. The van der Waals surface area contributed by atoms with Crippen LogP contribution in [0.15, 0.2) is 42.6 Å². The summed E-state index contributed by atoms with van der Waals surface area (Å²) in [6, 6.07) is 11.0. The molecule has 0 aliphatic heterocycles. The molecule has 3 nitrogen and oxygen atoms in total. The zero-order valence-electron chi connectivity index (χ0n) is 9.39. The van der Waals surface area contributed by atoms with Gasteiger partial charge in [-0.1, -0.05) is 11.6 Å². The SMILES string of the molecule is COc1ncccc1COc1ccc(Cl)cc1. The van der Waals surface area contributed by atoms with Crippen LogP contribution in [0, 0.1) is 0 Å². The maximum Gasteiger partial charge on any atom is 0.219 e. The van der Waals surface area contributed by atoms with Crippen LogP contribution in [0.1, 0.15) is 5.56 Å². The second-order valence-electron chi connectivity index (χ2n) is 3.41. The average molecular weight is 250 g/mol. The maximum atomic E-state index is 5.79. The molecule has 0 fully saturated rings. The lowest BCUT2D eigenvalue weighted by molar-refractivity contribution is 0.294. The number of rotatable bonds is 4. The number of pyridine rings is 1. The molecule has 1 aromatic heterocycles. The molecule has 0 unspecified atom stereocenters. The number of methoxy groups -OCH3 is 1. The quantitative estimate of drug-likeness (QED) is 0.833. The highest BCUT2D eigenvalue weighted by atomic mass is 35.5. The normalized spacial score (nSPS) is 10.0. The summed E-state index contributed by atoms with van der Waals surface area (Å²) in [6.45, 7) is 0.415. The fourth-order valence-electron chi connectivity index (χ4n) is 1.41. The van der Waals surface area contributed by atoms with Crippen LogP contribution >= 0.6 is 11.6 Å². The third kappa shape index (κ3) is 3.11. The van der Waals surface area contributed by atoms with Crippen LogP contribution in [-0.4, -0.2) is 12.1 Å². The van der Waals surface area contributed by atoms with Gasteiger partial charge in [0.05, 0.1) is 12.7 Å². The van der Waals surface area contributed by atoms with E-state index in [2.05, 4.69) is 4.98 Å². The third-order valence-electron chi connectivity index (χ3n) is 2.25. The molecule has 0 aliphatic carbocycles. The molecular formula is C13H12ClNO2. The fourth-order valence-corrected chi connectivity index (χ4v) is 1.54. The number of nitrogens with zero attached hydrogens (tertiary/aromatic N) is 1. The van der Waals surface area contributed by atoms with Gasteiger partial charge in [0.15, 0.2) is 0 Å². The van der Waals surface area contributed by atoms with E-state index in [4.69, 9.17) is 21.1 Å². The first-order valence-electron chi connectivity index (χ1n) is 5.16. The molecule has 2 rings (SSSR count). The number of hydrogen-bond acceptors (Lipinski definition) is 3. The monoisotopic (exact) mass is 249 g/mol. The van der Waals surface area contributed by atoms with Gasteiger partial charge in [-0.3, -0.25) is 0 Å². The predicted molar refractivity (Wildman–Crippen MR) is 66.6 cm³/mol. The Bertz CT molecular complexity index is 485. The minimum atomic E-state index is 0.415. The molecule has 0 amide bonds. The Morgan fingerprint density at radius 3 is 2.65 bits per heavy atom. The molecule has 2 aromatic rings. The summed E-state index contributed by atoms with van der Waals surface area (Å²) >= 11 is 5.79. The molecule has 4 heteroatoms. The zero-order valence-corrected chi connectivity index (χ0v) is 10.1. The van der Waals surface area contributed by atoms with Crippen LogP contribution in [0.2, 0.25) is 5.02 Å². The molecule has 17 heavy (non-hydrogen) atoms. The van der Waals surface area contributed by atoms with Gasteiger partial charge in [-0.2, -0.15) is 0 Å². The van der Waals surface area contributed by atoms with Gasteiger partial charge in [0, 0.05) is 11.2 Å². The molecule has 0 atom stereocenters. The number of benzene rings is 1. The summed E-state index contributed by atoms with van der Waals surface area (Å²) in [4.78, 5) is 4.10. The van der Waals surface area contributed by atoms with E-state index in [9.17, 15) is 0 Å². The van der Waals surface area contributed by atoms with E-state index in [0.717, 1.165) is 11.3 Å². The van der Waals surface area contributed by atoms with Gasteiger partial charge in [0.25, 0.3) is 0 Å². The highest BCUT2D eigenvalue weighted by molar-refractivity contribution is 6.30. The molecule has 0 aliphatic rings. The second kappa shape index (κ2) is 5.55. The number of aromatic nitrogens is 1. The largest absolute Gasteiger partial charge is 0.489 e. The van der Waals surface area contributed by atoms with Crippen LogP contribution in [0.5, 0.6) is 11.6 Å². The minimum absolute atomic E-state index is 0.415. The van der Waals surface area contributed by atoms with E-state index in [0.29, 0.717) is 17.5 Å². The lowest BCUT2D eigenvalue weighted by Crippen LogP contribution is -1.99. The summed E-state index contributed by atoms with van der Waals surface area (Å²) in [5, 5.41) is 0.691. The topological polar surface area (TPSA) is 31.4 Å². The second-order valence-corrected chi connectivity index (χ2v) is 3.85. The molecule has 1 aromatic carbocycles. The lowest BCUT2D eigenvalue weighted by Gasteiger charge is -2.08. The predicted octanol–water partition coefficient (Wildman–Crippen LogP) is 3.32. The van der Waals surface area contributed by atoms with Crippen molar-refractivity contribution in [1.82, 2.24) is 4.98 Å². The van der Waals surface area contributed by atoms with E-state index in [1.807, 2.05) is 24.3 Å². The summed E-state index contributed by atoms with van der Waals surface area (Å²) in [5.74, 6) is 1.35. The van der Waals surface area contributed by atoms with Crippen molar-refractivity contribution < 1.29 is 9.47 Å². The van der Waals surface area contributed by atoms with Crippen molar-refractivity contribution >= 4 is 11.6 Å². The van der Waals surface area contributed by atoms with E-state index in [1.165, 1.54) is 0 Å². The standard InChI is InChI=1S/C13H12ClNO2/c1-16-13-10(3-2-8-15-13)9-17-12-6-4-11(14)5-7-12/h2-8H,9H2,1H3. The fraction of sp³-hybridized carbons (Fsp3) is 0.154. The number of halogens is 1. The van der Waals surface area contributed by atoms with E-state index >= 15 is 0 Å². The van der Waals surface area contributed by atoms with Gasteiger partial charge >= 0.3 is 0 Å². The number of ether oxygens (including phenoxy) is 2. The molecule has 0 bridgehead atoms. The van der Waals surface area contributed by atoms with Gasteiger partial charge in [-0.05, 0) is 36.4 Å². The van der Waals surface area contributed by atoms with Crippen LogP contribution in [0.3, 0.4) is 0 Å². The summed E-state index contributed by atoms with van der Waals surface area (Å²) in [6.07, 6.45) is 1.69. The summed E-state index contributed by atoms with van der Waals surface area (Å²) in [7, 11) is 1.59. The minimum Gasteiger partial charge on any atom is -0.489 e. The Kier molecular flexibility index (Phi) is 3.83. The molecule has 0 saturated heterocycles. The Morgan fingerprint density at radius 1 is 1.18 bits per heavy atom. The first kappa shape index (κ1) is 11.7. The first-order valence-corrected chi connectivity index (χ1v) is 5.53. The Hall–Kier alpha value is -1.74. The molecule has 0 N–H and O–H groups in total. The smallest absolute Gasteiger partial charge is 0.219 e. The molecule has 1 heterocycles. The van der Waals surface area contributed by atoms with Crippen molar-refractivity contribution in [3.63, 3.8) is 0 Å². The van der Waals surface area contributed by atoms with E-state index in [1.54, 1.807) is 25.4 Å². The maximum absolute atomic E-state index is 5.79. The Morgan fingerprint density at radius 2 is 1.94 bits per heavy atom.